The van der Waals surface area contributed by atoms with Crippen molar-refractivity contribution in [2.75, 3.05) is 4.90 Å². The predicted octanol–water partition coefficient (Wildman–Crippen LogP) is 3.75. The normalized spacial score (nSPS) is 14.8. The van der Waals surface area contributed by atoms with Crippen LogP contribution in [0.3, 0.4) is 0 Å². The molecule has 1 aliphatic heterocycles. The van der Waals surface area contributed by atoms with Gasteiger partial charge in [-0.15, -0.1) is 0 Å². The molecule has 0 saturated carbocycles. The fraction of sp³-hybridized carbons (Fsp3) is 0.111. The summed E-state index contributed by atoms with van der Waals surface area (Å²) < 4.78 is 1.01. The van der Waals surface area contributed by atoms with E-state index in [9.17, 15) is 14.7 Å². The molecule has 0 fully saturated rings. The first-order chi connectivity index (χ1) is 10.9. The highest BCUT2D eigenvalue weighted by Gasteiger charge is 2.40. The van der Waals surface area contributed by atoms with E-state index in [1.807, 2.05) is 38.1 Å². The molecule has 0 spiro atoms. The molecule has 23 heavy (non-hydrogen) atoms. The standard InChI is InChI=1S/C18H14INO3/c1-10-3-5-12(6-4-10)15-16(21)18(23)20(17(15)22)14-8-7-13(19)9-11(14)2/h3-9,21H,1-2H3. The zero-order chi connectivity index (χ0) is 16.7. The van der Waals surface area contributed by atoms with E-state index < -0.39 is 17.6 Å². The van der Waals surface area contributed by atoms with Crippen LogP contribution in [-0.4, -0.2) is 16.9 Å². The Morgan fingerprint density at radius 3 is 2.22 bits per heavy atom. The molecule has 1 N–H and O–H groups in total. The first-order valence-electron chi connectivity index (χ1n) is 7.05. The van der Waals surface area contributed by atoms with Crippen molar-refractivity contribution >= 4 is 45.7 Å². The smallest absolute Gasteiger partial charge is 0.301 e. The van der Waals surface area contributed by atoms with Crippen molar-refractivity contribution in [2.45, 2.75) is 13.8 Å². The summed E-state index contributed by atoms with van der Waals surface area (Å²) in [4.78, 5) is 26.2. The molecule has 116 valence electrons. The Kier molecular flexibility index (Phi) is 3.97. The molecule has 0 unspecified atom stereocenters. The van der Waals surface area contributed by atoms with Gasteiger partial charge in [0.1, 0.15) is 0 Å². The molecule has 5 heteroatoms. The number of hydrogen-bond donors (Lipinski definition) is 1. The Hall–Kier alpha value is -2.15. The number of anilines is 1. The molecule has 2 aromatic rings. The van der Waals surface area contributed by atoms with Gasteiger partial charge in [0.2, 0.25) is 0 Å². The molecule has 0 atom stereocenters. The predicted molar refractivity (Wildman–Crippen MR) is 97.1 cm³/mol. The Morgan fingerprint density at radius 2 is 1.61 bits per heavy atom. The zero-order valence-corrected chi connectivity index (χ0v) is 14.8. The van der Waals surface area contributed by atoms with Gasteiger partial charge in [-0.3, -0.25) is 9.59 Å². The third-order valence-electron chi connectivity index (χ3n) is 3.80. The van der Waals surface area contributed by atoms with E-state index in [2.05, 4.69) is 22.6 Å². The minimum Gasteiger partial charge on any atom is -0.502 e. The van der Waals surface area contributed by atoms with Crippen LogP contribution in [-0.2, 0) is 9.59 Å². The highest BCUT2D eigenvalue weighted by Crippen LogP contribution is 2.33. The summed E-state index contributed by atoms with van der Waals surface area (Å²) in [5, 5.41) is 10.2. The molecule has 3 rings (SSSR count). The van der Waals surface area contributed by atoms with Crippen LogP contribution in [0.4, 0.5) is 5.69 Å². The van der Waals surface area contributed by atoms with E-state index in [0.717, 1.165) is 19.6 Å². The van der Waals surface area contributed by atoms with Gasteiger partial charge < -0.3 is 5.11 Å². The van der Waals surface area contributed by atoms with E-state index in [1.54, 1.807) is 18.2 Å². The number of nitrogens with zero attached hydrogens (tertiary/aromatic N) is 1. The van der Waals surface area contributed by atoms with Crippen LogP contribution in [0.25, 0.3) is 5.57 Å². The van der Waals surface area contributed by atoms with E-state index >= 15 is 0 Å². The Labute approximate surface area is 147 Å². The van der Waals surface area contributed by atoms with Gasteiger partial charge in [0.05, 0.1) is 11.3 Å². The summed E-state index contributed by atoms with van der Waals surface area (Å²) >= 11 is 2.17. The van der Waals surface area contributed by atoms with Crippen molar-refractivity contribution in [1.82, 2.24) is 0 Å². The van der Waals surface area contributed by atoms with Crippen LogP contribution < -0.4 is 4.90 Å². The SMILES string of the molecule is Cc1ccc(C2=C(O)C(=O)N(c3ccc(I)cc3C)C2=O)cc1. The molecule has 2 amide bonds. The van der Waals surface area contributed by atoms with Gasteiger partial charge in [-0.05, 0) is 65.8 Å². The van der Waals surface area contributed by atoms with Crippen LogP contribution in [0.15, 0.2) is 48.2 Å². The molecule has 0 aromatic heterocycles. The Balaban J connectivity index is 2.07. The Bertz CT molecular complexity index is 853. The van der Waals surface area contributed by atoms with Crippen molar-refractivity contribution < 1.29 is 14.7 Å². The summed E-state index contributed by atoms with van der Waals surface area (Å²) in [6.45, 7) is 3.76. The van der Waals surface area contributed by atoms with Gasteiger partial charge in [-0.2, -0.15) is 0 Å². The number of imide groups is 1. The molecule has 4 nitrogen and oxygen atoms in total. The number of benzene rings is 2. The van der Waals surface area contributed by atoms with Crippen LogP contribution >= 0.6 is 22.6 Å². The fourth-order valence-corrected chi connectivity index (χ4v) is 3.23. The van der Waals surface area contributed by atoms with Gasteiger partial charge in [-0.1, -0.05) is 29.8 Å². The highest BCUT2D eigenvalue weighted by atomic mass is 127. The zero-order valence-electron chi connectivity index (χ0n) is 12.6. The summed E-state index contributed by atoms with van der Waals surface area (Å²) in [5.41, 5.74) is 2.92. The van der Waals surface area contributed by atoms with Crippen molar-refractivity contribution in [2.24, 2.45) is 0 Å². The fourth-order valence-electron chi connectivity index (χ4n) is 2.59. The van der Waals surface area contributed by atoms with E-state index in [1.165, 1.54) is 0 Å². The number of carbonyl (C=O) groups is 2. The number of rotatable bonds is 2. The number of aryl methyl sites for hydroxylation is 2. The highest BCUT2D eigenvalue weighted by molar-refractivity contribution is 14.1. The van der Waals surface area contributed by atoms with Crippen molar-refractivity contribution in [3.63, 3.8) is 0 Å². The number of amides is 2. The van der Waals surface area contributed by atoms with Crippen molar-refractivity contribution in [1.29, 1.82) is 0 Å². The molecule has 0 aliphatic carbocycles. The molecule has 0 saturated heterocycles. The maximum Gasteiger partial charge on any atom is 0.301 e. The number of aliphatic hydroxyl groups is 1. The maximum absolute atomic E-state index is 12.7. The van der Waals surface area contributed by atoms with Crippen molar-refractivity contribution in [3.8, 4) is 0 Å². The first-order valence-corrected chi connectivity index (χ1v) is 8.13. The largest absolute Gasteiger partial charge is 0.502 e. The van der Waals surface area contributed by atoms with Crippen LogP contribution in [0.2, 0.25) is 0 Å². The molecule has 2 aromatic carbocycles. The third kappa shape index (κ3) is 2.65. The van der Waals surface area contributed by atoms with E-state index in [-0.39, 0.29) is 5.57 Å². The van der Waals surface area contributed by atoms with Crippen molar-refractivity contribution in [3.05, 3.63) is 68.5 Å². The topological polar surface area (TPSA) is 57.6 Å². The lowest BCUT2D eigenvalue weighted by atomic mass is 10.0. The average molecular weight is 419 g/mol. The minimum absolute atomic E-state index is 0.0490. The third-order valence-corrected chi connectivity index (χ3v) is 4.47. The van der Waals surface area contributed by atoms with Gasteiger partial charge >= 0.3 is 5.91 Å². The molecule has 0 radical (unpaired) electrons. The monoisotopic (exact) mass is 419 g/mol. The number of halogens is 1. The summed E-state index contributed by atoms with van der Waals surface area (Å²) in [7, 11) is 0. The second kappa shape index (κ2) is 5.81. The average Bonchev–Trinajstić information content (AvgIpc) is 2.72. The Morgan fingerprint density at radius 1 is 0.957 bits per heavy atom. The van der Waals surface area contributed by atoms with Crippen LogP contribution in [0, 0.1) is 17.4 Å². The first kappa shape index (κ1) is 15.7. The van der Waals surface area contributed by atoms with Crippen LogP contribution in [0.5, 0.6) is 0 Å². The molecule has 1 heterocycles. The second-order valence-electron chi connectivity index (χ2n) is 5.47. The molecular formula is C18H14INO3. The van der Waals surface area contributed by atoms with Gasteiger partial charge in [0.15, 0.2) is 5.76 Å². The quantitative estimate of drug-likeness (QED) is 0.596. The van der Waals surface area contributed by atoms with Gasteiger partial charge in [0, 0.05) is 3.57 Å². The second-order valence-corrected chi connectivity index (χ2v) is 6.71. The summed E-state index contributed by atoms with van der Waals surface area (Å²) in [6.07, 6.45) is 0. The number of aliphatic hydroxyl groups excluding tert-OH is 1. The van der Waals surface area contributed by atoms with E-state index in [4.69, 9.17) is 0 Å². The maximum atomic E-state index is 12.7. The molecule has 1 aliphatic rings. The minimum atomic E-state index is -0.685. The lowest BCUT2D eigenvalue weighted by Crippen LogP contribution is -2.32. The lowest BCUT2D eigenvalue weighted by molar-refractivity contribution is -0.121. The van der Waals surface area contributed by atoms with Crippen LogP contribution in [0.1, 0.15) is 16.7 Å². The van der Waals surface area contributed by atoms with Gasteiger partial charge in [-0.25, -0.2) is 4.90 Å². The molecule has 0 bridgehead atoms. The van der Waals surface area contributed by atoms with Gasteiger partial charge in [0.25, 0.3) is 5.91 Å². The summed E-state index contributed by atoms with van der Waals surface area (Å²) in [5.74, 6) is -1.69. The lowest BCUT2D eigenvalue weighted by Gasteiger charge is -2.17. The summed E-state index contributed by atoms with van der Waals surface area (Å²) in [6, 6.07) is 12.6. The molecular weight excluding hydrogens is 405 g/mol. The number of hydrogen-bond acceptors (Lipinski definition) is 3. The van der Waals surface area contributed by atoms with E-state index in [0.29, 0.717) is 11.3 Å². The number of carbonyl (C=O) groups excluding carboxylic acids is 2.